The number of hydrogen-bond acceptors (Lipinski definition) is 5. The molecule has 1 saturated heterocycles. The first kappa shape index (κ1) is 15.7. The van der Waals surface area contributed by atoms with Gasteiger partial charge in [0.2, 0.25) is 0 Å². The van der Waals surface area contributed by atoms with Gasteiger partial charge in [-0.2, -0.15) is 0 Å². The molecule has 0 aromatic carbocycles. The van der Waals surface area contributed by atoms with Gasteiger partial charge in [-0.05, 0) is 24.4 Å². The number of carboxylic acids is 1. The first-order chi connectivity index (χ1) is 10.1. The summed E-state index contributed by atoms with van der Waals surface area (Å²) in [5.74, 6) is -1.04. The van der Waals surface area contributed by atoms with E-state index in [0.717, 1.165) is 13.0 Å². The Labute approximate surface area is 126 Å². The molecule has 2 rings (SSSR count). The largest absolute Gasteiger partial charge is 0.478 e. The van der Waals surface area contributed by atoms with E-state index in [1.54, 1.807) is 10.3 Å². The summed E-state index contributed by atoms with van der Waals surface area (Å²) in [6.07, 6.45) is 0.837. The van der Waals surface area contributed by atoms with Gasteiger partial charge in [-0.3, -0.25) is 10.2 Å². The van der Waals surface area contributed by atoms with Crippen LogP contribution in [0.4, 0.5) is 9.80 Å². The molecule has 21 heavy (non-hydrogen) atoms. The van der Waals surface area contributed by atoms with Gasteiger partial charge in [0, 0.05) is 26.2 Å². The van der Waals surface area contributed by atoms with Crippen molar-refractivity contribution >= 4 is 28.3 Å². The second-order valence-corrected chi connectivity index (χ2v) is 5.72. The van der Waals surface area contributed by atoms with Crippen LogP contribution in [0.15, 0.2) is 11.4 Å². The normalized spacial score (nSPS) is 16.5. The molecular weight excluding hydrogens is 294 g/mol. The molecule has 0 aliphatic carbocycles. The summed E-state index contributed by atoms with van der Waals surface area (Å²) in [4.78, 5) is 27.0. The lowest BCUT2D eigenvalue weighted by molar-refractivity contribution is 0.0698. The molecule has 0 spiro atoms. The van der Waals surface area contributed by atoms with E-state index in [0.29, 0.717) is 31.2 Å². The summed E-state index contributed by atoms with van der Waals surface area (Å²) in [5, 5.41) is 22.7. The number of aliphatic hydroxyl groups excluding tert-OH is 1. The number of carboxylic acid groups (broad SMARTS) is 1. The number of aliphatic hydroxyl groups is 1. The van der Waals surface area contributed by atoms with Gasteiger partial charge in [-0.15, -0.1) is 11.3 Å². The molecule has 1 aromatic heterocycles. The van der Waals surface area contributed by atoms with E-state index in [2.05, 4.69) is 10.2 Å². The van der Waals surface area contributed by atoms with Gasteiger partial charge in [0.05, 0.1) is 12.2 Å². The molecule has 2 amide bonds. The van der Waals surface area contributed by atoms with Gasteiger partial charge in [0.1, 0.15) is 5.00 Å². The molecule has 0 saturated carbocycles. The number of hydrogen-bond donors (Lipinski definition) is 3. The number of carbonyl (C=O) groups is 2. The Morgan fingerprint density at radius 1 is 1.29 bits per heavy atom. The Hall–Kier alpha value is -1.64. The molecule has 3 N–H and O–H groups in total. The predicted octanol–water partition coefficient (Wildman–Crippen LogP) is 0.978. The topological polar surface area (TPSA) is 93.1 Å². The van der Waals surface area contributed by atoms with Crippen LogP contribution in [-0.4, -0.2) is 71.3 Å². The zero-order chi connectivity index (χ0) is 15.2. The van der Waals surface area contributed by atoms with Gasteiger partial charge in [0.15, 0.2) is 0 Å². The Balaban J connectivity index is 1.94. The van der Waals surface area contributed by atoms with Gasteiger partial charge in [-0.1, -0.05) is 0 Å². The van der Waals surface area contributed by atoms with Crippen LogP contribution >= 0.6 is 11.3 Å². The van der Waals surface area contributed by atoms with Crippen LogP contribution in [0.3, 0.4) is 0 Å². The van der Waals surface area contributed by atoms with Crippen LogP contribution in [0.1, 0.15) is 16.8 Å². The third-order valence-electron chi connectivity index (χ3n) is 3.41. The standard InChI is InChI=1S/C13H19N3O4S/c17-8-7-15-3-1-4-16(6-5-15)13(20)14-11-10(12(18)19)2-9-21-11/h2,9,17H,1,3-8H2,(H,14,20)(H,18,19). The highest BCUT2D eigenvalue weighted by molar-refractivity contribution is 7.14. The summed E-state index contributed by atoms with van der Waals surface area (Å²) >= 11 is 1.20. The molecule has 1 aliphatic rings. The maximum atomic E-state index is 12.2. The smallest absolute Gasteiger partial charge is 0.338 e. The molecule has 116 valence electrons. The highest BCUT2D eigenvalue weighted by atomic mass is 32.1. The zero-order valence-corrected chi connectivity index (χ0v) is 12.4. The Kier molecular flexibility index (Phi) is 5.54. The van der Waals surface area contributed by atoms with Crippen molar-refractivity contribution in [2.24, 2.45) is 0 Å². The summed E-state index contributed by atoms with van der Waals surface area (Å²) in [6.45, 7) is 3.49. The maximum absolute atomic E-state index is 12.2. The summed E-state index contributed by atoms with van der Waals surface area (Å²) < 4.78 is 0. The van der Waals surface area contributed by atoms with Crippen LogP contribution in [-0.2, 0) is 0 Å². The number of anilines is 1. The molecule has 0 bridgehead atoms. The number of aromatic carboxylic acids is 1. The van der Waals surface area contributed by atoms with Gasteiger partial charge >= 0.3 is 12.0 Å². The molecule has 0 unspecified atom stereocenters. The van der Waals surface area contributed by atoms with E-state index in [9.17, 15) is 9.59 Å². The Morgan fingerprint density at radius 2 is 2.10 bits per heavy atom. The molecule has 1 fully saturated rings. The fraction of sp³-hybridized carbons (Fsp3) is 0.538. The van der Waals surface area contributed by atoms with Crippen molar-refractivity contribution < 1.29 is 19.8 Å². The third kappa shape index (κ3) is 4.16. The van der Waals surface area contributed by atoms with Crippen LogP contribution in [0, 0.1) is 0 Å². The molecule has 1 aliphatic heterocycles. The molecule has 1 aromatic rings. The molecule has 0 radical (unpaired) electrons. The average Bonchev–Trinajstić information content (AvgIpc) is 2.77. The number of thiophene rings is 1. The van der Waals surface area contributed by atoms with Crippen molar-refractivity contribution in [1.82, 2.24) is 9.80 Å². The van der Waals surface area contributed by atoms with E-state index >= 15 is 0 Å². The molecular formula is C13H19N3O4S. The monoisotopic (exact) mass is 313 g/mol. The van der Waals surface area contributed by atoms with Crippen molar-refractivity contribution in [3.05, 3.63) is 17.0 Å². The molecule has 0 atom stereocenters. The van der Waals surface area contributed by atoms with Crippen molar-refractivity contribution in [2.45, 2.75) is 6.42 Å². The van der Waals surface area contributed by atoms with Crippen molar-refractivity contribution in [2.75, 3.05) is 44.6 Å². The molecule has 2 heterocycles. The first-order valence-electron chi connectivity index (χ1n) is 6.81. The van der Waals surface area contributed by atoms with Crippen LogP contribution in [0.25, 0.3) is 0 Å². The first-order valence-corrected chi connectivity index (χ1v) is 7.69. The van der Waals surface area contributed by atoms with E-state index in [1.807, 2.05) is 0 Å². The lowest BCUT2D eigenvalue weighted by atomic mass is 10.3. The summed E-state index contributed by atoms with van der Waals surface area (Å²) in [7, 11) is 0. The van der Waals surface area contributed by atoms with Crippen molar-refractivity contribution in [1.29, 1.82) is 0 Å². The minimum atomic E-state index is -1.04. The number of β-amino-alcohol motifs (C(OH)–C–C–N with tert-alkyl or cyclic N) is 1. The highest BCUT2D eigenvalue weighted by Gasteiger charge is 2.21. The fourth-order valence-electron chi connectivity index (χ4n) is 2.29. The zero-order valence-electron chi connectivity index (χ0n) is 11.6. The van der Waals surface area contributed by atoms with Gasteiger partial charge < -0.3 is 15.1 Å². The van der Waals surface area contributed by atoms with Crippen LogP contribution in [0.5, 0.6) is 0 Å². The second-order valence-electron chi connectivity index (χ2n) is 4.80. The SMILES string of the molecule is O=C(O)c1ccsc1NC(=O)N1CCCN(CCO)CC1. The number of carbonyl (C=O) groups excluding carboxylic acids is 1. The maximum Gasteiger partial charge on any atom is 0.338 e. The summed E-state index contributed by atoms with van der Waals surface area (Å²) in [6, 6.07) is 1.21. The summed E-state index contributed by atoms with van der Waals surface area (Å²) in [5.41, 5.74) is 0.116. The van der Waals surface area contributed by atoms with E-state index in [-0.39, 0.29) is 18.2 Å². The van der Waals surface area contributed by atoms with Crippen LogP contribution in [0.2, 0.25) is 0 Å². The van der Waals surface area contributed by atoms with Crippen molar-refractivity contribution in [3.63, 3.8) is 0 Å². The minimum Gasteiger partial charge on any atom is -0.478 e. The van der Waals surface area contributed by atoms with Crippen molar-refractivity contribution in [3.8, 4) is 0 Å². The quantitative estimate of drug-likeness (QED) is 0.770. The minimum absolute atomic E-state index is 0.114. The number of amides is 2. The molecule has 7 nitrogen and oxygen atoms in total. The van der Waals surface area contributed by atoms with E-state index in [1.165, 1.54) is 17.4 Å². The number of rotatable bonds is 4. The lowest BCUT2D eigenvalue weighted by Crippen LogP contribution is -2.38. The van der Waals surface area contributed by atoms with Gasteiger partial charge in [0.25, 0.3) is 0 Å². The average molecular weight is 313 g/mol. The van der Waals surface area contributed by atoms with Gasteiger partial charge in [-0.25, -0.2) is 9.59 Å². The Bertz CT molecular complexity index is 505. The molecule has 8 heteroatoms. The number of nitrogens with zero attached hydrogens (tertiary/aromatic N) is 2. The number of urea groups is 1. The predicted molar refractivity (Wildman–Crippen MR) is 80.0 cm³/mol. The highest BCUT2D eigenvalue weighted by Crippen LogP contribution is 2.23. The van der Waals surface area contributed by atoms with E-state index < -0.39 is 5.97 Å². The second kappa shape index (κ2) is 7.39. The fourth-order valence-corrected chi connectivity index (χ4v) is 3.06. The third-order valence-corrected chi connectivity index (χ3v) is 4.24. The Morgan fingerprint density at radius 3 is 2.81 bits per heavy atom. The lowest BCUT2D eigenvalue weighted by Gasteiger charge is -2.21. The van der Waals surface area contributed by atoms with Crippen LogP contribution < -0.4 is 5.32 Å². The number of nitrogens with one attached hydrogen (secondary N) is 1. The van der Waals surface area contributed by atoms with E-state index in [4.69, 9.17) is 10.2 Å².